The van der Waals surface area contributed by atoms with Crippen LogP contribution >= 0.6 is 0 Å². The number of hydrogen-bond acceptors (Lipinski definition) is 3. The van der Waals surface area contributed by atoms with Crippen LogP contribution in [0.3, 0.4) is 0 Å². The number of aromatic carboxylic acids is 1. The molecule has 0 saturated heterocycles. The predicted molar refractivity (Wildman–Crippen MR) is 51.7 cm³/mol. The highest BCUT2D eigenvalue weighted by Crippen LogP contribution is 2.29. The Balaban J connectivity index is 2.11. The summed E-state index contributed by atoms with van der Waals surface area (Å²) in [6.45, 7) is 0. The molecule has 0 bridgehead atoms. The molecular formula is C10H13NO3. The van der Waals surface area contributed by atoms with E-state index in [9.17, 15) is 4.79 Å². The summed E-state index contributed by atoms with van der Waals surface area (Å²) in [5.74, 6) is -0.364. The van der Waals surface area contributed by atoms with Crippen LogP contribution in [-0.4, -0.2) is 24.2 Å². The van der Waals surface area contributed by atoms with Crippen LogP contribution in [0.5, 0.6) is 0 Å². The quantitative estimate of drug-likeness (QED) is 0.801. The van der Waals surface area contributed by atoms with Gasteiger partial charge >= 0.3 is 5.97 Å². The van der Waals surface area contributed by atoms with Crippen molar-refractivity contribution in [3.05, 3.63) is 17.9 Å². The van der Waals surface area contributed by atoms with E-state index in [1.54, 1.807) is 6.07 Å². The Morgan fingerprint density at radius 2 is 2.29 bits per heavy atom. The van der Waals surface area contributed by atoms with Gasteiger partial charge in [-0.05, 0) is 25.3 Å². The van der Waals surface area contributed by atoms with E-state index in [1.165, 1.54) is 25.3 Å². The molecule has 0 aliphatic heterocycles. The molecule has 1 aliphatic carbocycles. The third-order valence-electron chi connectivity index (χ3n) is 2.77. The van der Waals surface area contributed by atoms with Crippen LogP contribution in [0, 0.1) is 0 Å². The van der Waals surface area contributed by atoms with Gasteiger partial charge in [0.2, 0.25) is 5.76 Å². The first-order valence-electron chi connectivity index (χ1n) is 4.74. The van der Waals surface area contributed by atoms with Crippen molar-refractivity contribution < 1.29 is 14.3 Å². The molecule has 1 aromatic rings. The molecule has 1 heterocycles. The Bertz CT molecular complexity index is 341. The normalized spacial score (nSPS) is 16.4. The molecule has 0 amide bonds. The summed E-state index contributed by atoms with van der Waals surface area (Å²) in [5.41, 5.74) is 0. The molecule has 4 heteroatoms. The lowest BCUT2D eigenvalue weighted by molar-refractivity contribution is 0.0663. The Hall–Kier alpha value is -1.45. The fourth-order valence-electron chi connectivity index (χ4n) is 1.59. The maximum Gasteiger partial charge on any atom is 0.371 e. The second kappa shape index (κ2) is 3.36. The van der Waals surface area contributed by atoms with Gasteiger partial charge in [0, 0.05) is 19.2 Å². The van der Waals surface area contributed by atoms with Crippen molar-refractivity contribution in [3.63, 3.8) is 0 Å². The molecule has 2 rings (SSSR count). The molecule has 1 N–H and O–H groups in total. The third kappa shape index (κ3) is 1.47. The highest BCUT2D eigenvalue weighted by molar-refractivity contribution is 5.84. The van der Waals surface area contributed by atoms with Gasteiger partial charge in [0.05, 0.1) is 0 Å². The fraction of sp³-hybridized carbons (Fsp3) is 0.500. The summed E-state index contributed by atoms with van der Waals surface area (Å²) in [5, 5.41) is 8.68. The second-order valence-electron chi connectivity index (χ2n) is 3.64. The average molecular weight is 195 g/mol. The molecular weight excluding hydrogens is 182 g/mol. The summed E-state index contributed by atoms with van der Waals surface area (Å²) >= 11 is 0. The zero-order valence-corrected chi connectivity index (χ0v) is 8.06. The first-order chi connectivity index (χ1) is 6.68. The Morgan fingerprint density at radius 3 is 2.71 bits per heavy atom. The Labute approximate surface area is 82.1 Å². The van der Waals surface area contributed by atoms with Crippen LogP contribution < -0.4 is 4.90 Å². The Kier molecular flexibility index (Phi) is 2.19. The van der Waals surface area contributed by atoms with Crippen molar-refractivity contribution in [1.29, 1.82) is 0 Å². The molecule has 14 heavy (non-hydrogen) atoms. The van der Waals surface area contributed by atoms with Crippen LogP contribution in [0.2, 0.25) is 0 Å². The molecule has 0 radical (unpaired) electrons. The van der Waals surface area contributed by atoms with E-state index < -0.39 is 5.97 Å². The van der Waals surface area contributed by atoms with E-state index in [0.717, 1.165) is 0 Å². The first kappa shape index (κ1) is 9.12. The predicted octanol–water partition coefficient (Wildman–Crippen LogP) is 1.97. The maximum absolute atomic E-state index is 10.6. The van der Waals surface area contributed by atoms with Gasteiger partial charge in [-0.3, -0.25) is 0 Å². The molecule has 0 unspecified atom stereocenters. The summed E-state index contributed by atoms with van der Waals surface area (Å²) in [7, 11) is 1.94. The molecule has 4 nitrogen and oxygen atoms in total. The maximum atomic E-state index is 10.6. The van der Waals surface area contributed by atoms with Crippen molar-refractivity contribution in [2.45, 2.75) is 25.3 Å². The van der Waals surface area contributed by atoms with Crippen molar-refractivity contribution in [2.24, 2.45) is 0 Å². The summed E-state index contributed by atoms with van der Waals surface area (Å²) in [6, 6.07) is 3.72. The number of furan rings is 1. The lowest BCUT2D eigenvalue weighted by Crippen LogP contribution is -2.36. The number of rotatable bonds is 3. The number of carboxylic acids is 1. The smallest absolute Gasteiger partial charge is 0.371 e. The van der Waals surface area contributed by atoms with Crippen LogP contribution in [0.1, 0.15) is 29.8 Å². The summed E-state index contributed by atoms with van der Waals surface area (Å²) in [6.07, 6.45) is 3.58. The molecule has 0 spiro atoms. The average Bonchev–Trinajstić information content (AvgIpc) is 2.48. The minimum Gasteiger partial charge on any atom is -0.475 e. The SMILES string of the molecule is CN(c1ccc(C(=O)O)o1)C1CCC1. The molecule has 1 saturated carbocycles. The molecule has 1 aliphatic rings. The highest BCUT2D eigenvalue weighted by Gasteiger charge is 2.24. The minimum absolute atomic E-state index is 0.00572. The van der Waals surface area contributed by atoms with Crippen molar-refractivity contribution >= 4 is 11.9 Å². The van der Waals surface area contributed by atoms with E-state index in [0.29, 0.717) is 11.9 Å². The molecule has 1 aromatic heterocycles. The first-order valence-corrected chi connectivity index (χ1v) is 4.74. The van der Waals surface area contributed by atoms with E-state index in [2.05, 4.69) is 0 Å². The van der Waals surface area contributed by atoms with E-state index in [-0.39, 0.29) is 5.76 Å². The zero-order valence-electron chi connectivity index (χ0n) is 8.06. The van der Waals surface area contributed by atoms with Gasteiger partial charge < -0.3 is 14.4 Å². The fourth-order valence-corrected chi connectivity index (χ4v) is 1.59. The molecule has 0 aromatic carbocycles. The number of nitrogens with zero attached hydrogens (tertiary/aromatic N) is 1. The second-order valence-corrected chi connectivity index (χ2v) is 3.64. The number of anilines is 1. The van der Waals surface area contributed by atoms with Crippen molar-refractivity contribution in [1.82, 2.24) is 0 Å². The van der Waals surface area contributed by atoms with Crippen LogP contribution in [0.25, 0.3) is 0 Å². The number of hydrogen-bond donors (Lipinski definition) is 1. The molecule has 1 fully saturated rings. The third-order valence-corrected chi connectivity index (χ3v) is 2.77. The summed E-state index contributed by atoms with van der Waals surface area (Å²) in [4.78, 5) is 12.6. The largest absolute Gasteiger partial charge is 0.475 e. The topological polar surface area (TPSA) is 53.7 Å². The molecule has 0 atom stereocenters. The standard InChI is InChI=1S/C10H13NO3/c1-11(7-3-2-4-7)9-6-5-8(14-9)10(12)13/h5-7H,2-4H2,1H3,(H,12,13). The lowest BCUT2D eigenvalue weighted by Gasteiger charge is -2.34. The lowest BCUT2D eigenvalue weighted by atomic mass is 9.92. The van der Waals surface area contributed by atoms with Crippen LogP contribution in [0.4, 0.5) is 5.88 Å². The van der Waals surface area contributed by atoms with Crippen molar-refractivity contribution in [2.75, 3.05) is 11.9 Å². The van der Waals surface area contributed by atoms with Crippen LogP contribution in [-0.2, 0) is 0 Å². The van der Waals surface area contributed by atoms with Gasteiger partial charge in [-0.2, -0.15) is 0 Å². The van der Waals surface area contributed by atoms with Gasteiger partial charge in [-0.25, -0.2) is 4.79 Å². The number of carboxylic acid groups (broad SMARTS) is 1. The monoisotopic (exact) mass is 195 g/mol. The zero-order chi connectivity index (χ0) is 10.1. The highest BCUT2D eigenvalue weighted by atomic mass is 16.4. The van der Waals surface area contributed by atoms with Gasteiger partial charge in [0.15, 0.2) is 5.88 Å². The molecule has 76 valence electrons. The van der Waals surface area contributed by atoms with Gasteiger partial charge in [0.1, 0.15) is 0 Å². The van der Waals surface area contributed by atoms with Gasteiger partial charge in [0.25, 0.3) is 0 Å². The van der Waals surface area contributed by atoms with E-state index in [4.69, 9.17) is 9.52 Å². The van der Waals surface area contributed by atoms with Gasteiger partial charge in [-0.1, -0.05) is 0 Å². The van der Waals surface area contributed by atoms with Crippen LogP contribution in [0.15, 0.2) is 16.5 Å². The van der Waals surface area contributed by atoms with E-state index >= 15 is 0 Å². The van der Waals surface area contributed by atoms with Gasteiger partial charge in [-0.15, -0.1) is 0 Å². The Morgan fingerprint density at radius 1 is 1.57 bits per heavy atom. The number of carbonyl (C=O) groups is 1. The summed E-state index contributed by atoms with van der Waals surface area (Å²) < 4.78 is 5.19. The van der Waals surface area contributed by atoms with E-state index in [1.807, 2.05) is 11.9 Å². The van der Waals surface area contributed by atoms with Crippen molar-refractivity contribution in [3.8, 4) is 0 Å². The minimum atomic E-state index is -1.02.